The van der Waals surface area contributed by atoms with Gasteiger partial charge in [-0.1, -0.05) is 70.6 Å². The lowest BCUT2D eigenvalue weighted by atomic mass is 9.96. The van der Waals surface area contributed by atoms with Crippen LogP contribution in [0.2, 0.25) is 0 Å². The van der Waals surface area contributed by atoms with E-state index in [4.69, 9.17) is 9.72 Å². The monoisotopic (exact) mass is 460 g/mol. The number of fused-ring (bicyclic) bond motifs is 1. The Bertz CT molecular complexity index is 1050. The van der Waals surface area contributed by atoms with Crippen LogP contribution in [-0.4, -0.2) is 36.0 Å². The molecule has 182 valence electrons. The van der Waals surface area contributed by atoms with Gasteiger partial charge in [0.05, 0.1) is 23.9 Å². The standard InChI is InChI=1S/C30H40N2O2/c1-5-7-9-13-21-32(22-14-10-8-6-2)30(33)28-23(3)29(24-17-19-25(34-4)20-18-24)31-27-16-12-11-15-26(27)28/h11-12,15-20H,5-10,13-14,21-22H2,1-4H3. The van der Waals surface area contributed by atoms with Gasteiger partial charge >= 0.3 is 0 Å². The van der Waals surface area contributed by atoms with Gasteiger partial charge in [0.25, 0.3) is 5.91 Å². The van der Waals surface area contributed by atoms with Crippen LogP contribution in [0.25, 0.3) is 22.2 Å². The van der Waals surface area contributed by atoms with Crippen LogP contribution in [0.1, 0.15) is 81.1 Å². The number of pyridine rings is 1. The highest BCUT2D eigenvalue weighted by atomic mass is 16.5. The first kappa shape index (κ1) is 25.7. The molecule has 1 heterocycles. The molecule has 1 aromatic heterocycles. The van der Waals surface area contributed by atoms with Gasteiger partial charge in [-0.3, -0.25) is 4.79 Å². The van der Waals surface area contributed by atoms with Crippen LogP contribution in [-0.2, 0) is 0 Å². The SMILES string of the molecule is CCCCCCN(CCCCCC)C(=O)c1c(C)c(-c2ccc(OC)cc2)nc2ccccc12. The number of nitrogens with zero attached hydrogens (tertiary/aromatic N) is 2. The molecule has 0 bridgehead atoms. The number of ether oxygens (including phenoxy) is 1. The smallest absolute Gasteiger partial charge is 0.254 e. The van der Waals surface area contributed by atoms with E-state index in [0.717, 1.165) is 65.0 Å². The van der Waals surface area contributed by atoms with Crippen LogP contribution in [0.4, 0.5) is 0 Å². The Morgan fingerprint density at radius 3 is 2.06 bits per heavy atom. The second kappa shape index (κ2) is 13.1. The van der Waals surface area contributed by atoms with E-state index in [0.29, 0.717) is 0 Å². The minimum absolute atomic E-state index is 0.138. The average molecular weight is 461 g/mol. The van der Waals surface area contributed by atoms with Gasteiger partial charge in [0, 0.05) is 24.0 Å². The third-order valence-corrected chi connectivity index (χ3v) is 6.56. The Labute approximate surface area is 205 Å². The van der Waals surface area contributed by atoms with Crippen molar-refractivity contribution in [3.8, 4) is 17.0 Å². The van der Waals surface area contributed by atoms with Gasteiger partial charge in [-0.15, -0.1) is 0 Å². The molecule has 0 saturated carbocycles. The van der Waals surface area contributed by atoms with Crippen molar-refractivity contribution in [1.29, 1.82) is 0 Å². The first-order valence-electron chi connectivity index (χ1n) is 12.9. The van der Waals surface area contributed by atoms with E-state index in [-0.39, 0.29) is 5.91 Å². The number of methoxy groups -OCH3 is 1. The summed E-state index contributed by atoms with van der Waals surface area (Å²) >= 11 is 0. The van der Waals surface area contributed by atoms with E-state index >= 15 is 0 Å². The Morgan fingerprint density at radius 1 is 0.853 bits per heavy atom. The average Bonchev–Trinajstić information content (AvgIpc) is 2.87. The van der Waals surface area contributed by atoms with Crippen LogP contribution in [0.5, 0.6) is 5.75 Å². The number of para-hydroxylation sites is 1. The molecule has 3 aromatic rings. The van der Waals surface area contributed by atoms with Crippen LogP contribution < -0.4 is 4.74 Å². The Balaban J connectivity index is 2.00. The molecule has 0 N–H and O–H groups in total. The number of benzene rings is 2. The molecule has 2 aromatic carbocycles. The fourth-order valence-electron chi connectivity index (χ4n) is 4.54. The molecular weight excluding hydrogens is 420 g/mol. The van der Waals surface area contributed by atoms with Crippen LogP contribution in [0.3, 0.4) is 0 Å². The van der Waals surface area contributed by atoms with Gasteiger partial charge in [0.1, 0.15) is 5.75 Å². The second-order valence-corrected chi connectivity index (χ2v) is 9.12. The third kappa shape index (κ3) is 6.37. The number of carbonyl (C=O) groups excluding carboxylic acids is 1. The summed E-state index contributed by atoms with van der Waals surface area (Å²) in [4.78, 5) is 21.1. The molecule has 1 amide bonds. The Morgan fingerprint density at radius 2 is 1.47 bits per heavy atom. The summed E-state index contributed by atoms with van der Waals surface area (Å²) in [5.74, 6) is 0.947. The first-order valence-corrected chi connectivity index (χ1v) is 12.9. The summed E-state index contributed by atoms with van der Waals surface area (Å²) in [7, 11) is 1.67. The van der Waals surface area contributed by atoms with E-state index in [1.807, 2.05) is 55.5 Å². The van der Waals surface area contributed by atoms with Crippen molar-refractivity contribution >= 4 is 16.8 Å². The lowest BCUT2D eigenvalue weighted by molar-refractivity contribution is 0.0750. The molecule has 0 atom stereocenters. The second-order valence-electron chi connectivity index (χ2n) is 9.12. The summed E-state index contributed by atoms with van der Waals surface area (Å²) in [6.45, 7) is 8.12. The van der Waals surface area contributed by atoms with Gasteiger partial charge in [0.2, 0.25) is 0 Å². The van der Waals surface area contributed by atoms with E-state index in [2.05, 4.69) is 18.7 Å². The van der Waals surface area contributed by atoms with E-state index in [1.54, 1.807) is 7.11 Å². The van der Waals surface area contributed by atoms with E-state index < -0.39 is 0 Å². The molecule has 0 aliphatic rings. The van der Waals surface area contributed by atoms with Crippen molar-refractivity contribution in [3.05, 3.63) is 59.7 Å². The largest absolute Gasteiger partial charge is 0.497 e. The molecule has 34 heavy (non-hydrogen) atoms. The number of amides is 1. The predicted octanol–water partition coefficient (Wildman–Crippen LogP) is 7.82. The molecule has 4 heteroatoms. The van der Waals surface area contributed by atoms with Crippen molar-refractivity contribution in [2.24, 2.45) is 0 Å². The third-order valence-electron chi connectivity index (χ3n) is 6.56. The lowest BCUT2D eigenvalue weighted by Gasteiger charge is -2.25. The zero-order valence-electron chi connectivity index (χ0n) is 21.4. The molecule has 3 rings (SSSR count). The quantitative estimate of drug-likeness (QED) is 0.244. The van der Waals surface area contributed by atoms with E-state index in [9.17, 15) is 4.79 Å². The zero-order chi connectivity index (χ0) is 24.3. The molecule has 0 fully saturated rings. The van der Waals surface area contributed by atoms with Crippen molar-refractivity contribution in [2.75, 3.05) is 20.2 Å². The molecule has 4 nitrogen and oxygen atoms in total. The number of hydrogen-bond donors (Lipinski definition) is 0. The van der Waals surface area contributed by atoms with Crippen molar-refractivity contribution in [3.63, 3.8) is 0 Å². The molecular formula is C30H40N2O2. The Hall–Kier alpha value is -2.88. The number of hydrogen-bond acceptors (Lipinski definition) is 3. The highest BCUT2D eigenvalue weighted by molar-refractivity contribution is 6.08. The topological polar surface area (TPSA) is 42.4 Å². The molecule has 0 aliphatic carbocycles. The predicted molar refractivity (Wildman–Crippen MR) is 143 cm³/mol. The van der Waals surface area contributed by atoms with Gasteiger partial charge in [0.15, 0.2) is 0 Å². The van der Waals surface area contributed by atoms with E-state index in [1.165, 1.54) is 38.5 Å². The summed E-state index contributed by atoms with van der Waals surface area (Å²) in [5, 5.41) is 0.939. The minimum Gasteiger partial charge on any atom is -0.497 e. The highest BCUT2D eigenvalue weighted by Crippen LogP contribution is 2.31. The lowest BCUT2D eigenvalue weighted by Crippen LogP contribution is -2.34. The van der Waals surface area contributed by atoms with Crippen LogP contribution in [0.15, 0.2) is 48.5 Å². The fraction of sp³-hybridized carbons (Fsp3) is 0.467. The summed E-state index contributed by atoms with van der Waals surface area (Å²) in [6.07, 6.45) is 9.28. The molecule has 0 saturated heterocycles. The number of aromatic nitrogens is 1. The maximum absolute atomic E-state index is 14.1. The van der Waals surface area contributed by atoms with Gasteiger partial charge in [-0.2, -0.15) is 0 Å². The highest BCUT2D eigenvalue weighted by Gasteiger charge is 2.23. The van der Waals surface area contributed by atoms with Crippen LogP contribution >= 0.6 is 0 Å². The maximum Gasteiger partial charge on any atom is 0.254 e. The summed E-state index contributed by atoms with van der Waals surface area (Å²) < 4.78 is 5.33. The van der Waals surface area contributed by atoms with Crippen molar-refractivity contribution < 1.29 is 9.53 Å². The fourth-order valence-corrected chi connectivity index (χ4v) is 4.54. The summed E-state index contributed by atoms with van der Waals surface area (Å²) in [5.41, 5.74) is 4.46. The molecule has 0 aliphatic heterocycles. The Kier molecular flexibility index (Phi) is 9.93. The number of carbonyl (C=O) groups is 1. The summed E-state index contributed by atoms with van der Waals surface area (Å²) in [6, 6.07) is 16.0. The first-order chi connectivity index (χ1) is 16.6. The van der Waals surface area contributed by atoms with Crippen LogP contribution in [0, 0.1) is 6.92 Å². The van der Waals surface area contributed by atoms with Gasteiger partial charge < -0.3 is 9.64 Å². The maximum atomic E-state index is 14.1. The molecule has 0 radical (unpaired) electrons. The van der Waals surface area contributed by atoms with Crippen molar-refractivity contribution in [1.82, 2.24) is 9.88 Å². The zero-order valence-corrected chi connectivity index (χ0v) is 21.4. The number of rotatable bonds is 13. The number of unbranched alkanes of at least 4 members (excludes halogenated alkanes) is 6. The normalized spacial score (nSPS) is 11.1. The van der Waals surface area contributed by atoms with Gasteiger partial charge in [-0.05, 0) is 55.7 Å². The minimum atomic E-state index is 0.138. The van der Waals surface area contributed by atoms with Crippen molar-refractivity contribution in [2.45, 2.75) is 72.1 Å². The molecule has 0 spiro atoms. The van der Waals surface area contributed by atoms with Gasteiger partial charge in [-0.25, -0.2) is 4.98 Å². The molecule has 0 unspecified atom stereocenters.